The SMILES string of the molecule is COc1ccc(-c2cc(Cl)nnc2-c2ccc(OC)cc2)cc1. The Morgan fingerprint density at radius 3 is 1.78 bits per heavy atom. The van der Waals surface area contributed by atoms with Crippen molar-refractivity contribution in [1.82, 2.24) is 10.2 Å². The minimum absolute atomic E-state index is 0.355. The lowest BCUT2D eigenvalue weighted by Crippen LogP contribution is -1.93. The number of nitrogens with zero attached hydrogens (tertiary/aromatic N) is 2. The van der Waals surface area contributed by atoms with Crippen molar-refractivity contribution >= 4 is 11.6 Å². The van der Waals surface area contributed by atoms with Crippen molar-refractivity contribution in [3.8, 4) is 33.9 Å². The highest BCUT2D eigenvalue weighted by molar-refractivity contribution is 6.29. The van der Waals surface area contributed by atoms with Crippen LogP contribution in [0.1, 0.15) is 0 Å². The van der Waals surface area contributed by atoms with Crippen molar-refractivity contribution in [1.29, 1.82) is 0 Å². The molecule has 0 aliphatic rings. The molecule has 0 aliphatic heterocycles. The minimum Gasteiger partial charge on any atom is -0.497 e. The molecule has 1 heterocycles. The molecule has 5 heteroatoms. The van der Waals surface area contributed by atoms with E-state index in [1.54, 1.807) is 14.2 Å². The third-order valence-electron chi connectivity index (χ3n) is 3.53. The molecule has 0 bridgehead atoms. The zero-order valence-electron chi connectivity index (χ0n) is 12.8. The molecule has 0 atom stereocenters. The lowest BCUT2D eigenvalue weighted by Gasteiger charge is -2.10. The van der Waals surface area contributed by atoms with E-state index in [1.807, 2.05) is 54.6 Å². The van der Waals surface area contributed by atoms with Crippen molar-refractivity contribution in [2.75, 3.05) is 14.2 Å². The first-order valence-electron chi connectivity index (χ1n) is 7.03. The third kappa shape index (κ3) is 3.27. The monoisotopic (exact) mass is 326 g/mol. The van der Waals surface area contributed by atoms with Crippen LogP contribution in [0.25, 0.3) is 22.4 Å². The van der Waals surface area contributed by atoms with Crippen molar-refractivity contribution in [2.45, 2.75) is 0 Å². The number of rotatable bonds is 4. The van der Waals surface area contributed by atoms with Crippen LogP contribution in [0.5, 0.6) is 11.5 Å². The second kappa shape index (κ2) is 6.67. The van der Waals surface area contributed by atoms with E-state index in [-0.39, 0.29) is 0 Å². The molecule has 0 saturated carbocycles. The number of methoxy groups -OCH3 is 2. The zero-order chi connectivity index (χ0) is 16.2. The van der Waals surface area contributed by atoms with Crippen LogP contribution in [-0.4, -0.2) is 24.4 Å². The summed E-state index contributed by atoms with van der Waals surface area (Å²) in [4.78, 5) is 0. The predicted octanol–water partition coefficient (Wildman–Crippen LogP) is 4.48. The number of ether oxygens (including phenoxy) is 2. The van der Waals surface area contributed by atoms with Gasteiger partial charge >= 0.3 is 0 Å². The van der Waals surface area contributed by atoms with Crippen LogP contribution in [-0.2, 0) is 0 Å². The van der Waals surface area contributed by atoms with E-state index in [9.17, 15) is 0 Å². The highest BCUT2D eigenvalue weighted by Gasteiger charge is 2.11. The Morgan fingerprint density at radius 2 is 1.26 bits per heavy atom. The average molecular weight is 327 g/mol. The summed E-state index contributed by atoms with van der Waals surface area (Å²) in [6, 6.07) is 17.2. The molecule has 0 fully saturated rings. The first-order valence-corrected chi connectivity index (χ1v) is 7.41. The predicted molar refractivity (Wildman–Crippen MR) is 91.0 cm³/mol. The van der Waals surface area contributed by atoms with E-state index in [2.05, 4.69) is 10.2 Å². The van der Waals surface area contributed by atoms with Crippen molar-refractivity contribution in [2.24, 2.45) is 0 Å². The standard InChI is InChI=1S/C18H15ClN2O2/c1-22-14-7-3-12(4-8-14)16-11-17(19)20-21-18(16)13-5-9-15(23-2)10-6-13/h3-11H,1-2H3. The molecule has 3 aromatic rings. The molecule has 0 N–H and O–H groups in total. The Kier molecular flexibility index (Phi) is 4.44. The Morgan fingerprint density at radius 1 is 0.739 bits per heavy atom. The number of benzene rings is 2. The molecule has 0 spiro atoms. The molecule has 4 nitrogen and oxygen atoms in total. The van der Waals surface area contributed by atoms with E-state index in [4.69, 9.17) is 21.1 Å². The van der Waals surface area contributed by atoms with Crippen molar-refractivity contribution < 1.29 is 9.47 Å². The zero-order valence-corrected chi connectivity index (χ0v) is 13.5. The summed E-state index contributed by atoms with van der Waals surface area (Å²) in [5.74, 6) is 1.59. The lowest BCUT2D eigenvalue weighted by atomic mass is 10.00. The van der Waals surface area contributed by atoms with Gasteiger partial charge in [0, 0.05) is 11.1 Å². The van der Waals surface area contributed by atoms with Gasteiger partial charge in [-0.25, -0.2) is 0 Å². The van der Waals surface area contributed by atoms with Crippen LogP contribution in [0.2, 0.25) is 5.15 Å². The lowest BCUT2D eigenvalue weighted by molar-refractivity contribution is 0.414. The Hall–Kier alpha value is -2.59. The van der Waals surface area contributed by atoms with Crippen LogP contribution >= 0.6 is 11.6 Å². The Balaban J connectivity index is 2.09. The fourth-order valence-electron chi connectivity index (χ4n) is 2.32. The van der Waals surface area contributed by atoms with Crippen LogP contribution in [0.15, 0.2) is 54.6 Å². The van der Waals surface area contributed by atoms with Crippen LogP contribution in [0.3, 0.4) is 0 Å². The molecule has 3 rings (SSSR count). The van der Waals surface area contributed by atoms with E-state index in [0.717, 1.165) is 33.9 Å². The number of hydrogen-bond donors (Lipinski definition) is 0. The summed E-state index contributed by atoms with van der Waals surface area (Å²) in [6.07, 6.45) is 0. The second-order valence-corrected chi connectivity index (χ2v) is 5.27. The molecule has 0 radical (unpaired) electrons. The molecule has 23 heavy (non-hydrogen) atoms. The molecule has 1 aromatic heterocycles. The quantitative estimate of drug-likeness (QED) is 0.709. The van der Waals surface area contributed by atoms with Gasteiger partial charge in [0.2, 0.25) is 0 Å². The van der Waals surface area contributed by atoms with Gasteiger partial charge in [-0.05, 0) is 48.0 Å². The van der Waals surface area contributed by atoms with Crippen LogP contribution < -0.4 is 9.47 Å². The summed E-state index contributed by atoms with van der Waals surface area (Å²) in [5, 5.41) is 8.60. The maximum absolute atomic E-state index is 6.04. The third-order valence-corrected chi connectivity index (χ3v) is 3.71. The maximum Gasteiger partial charge on any atom is 0.152 e. The second-order valence-electron chi connectivity index (χ2n) is 4.89. The summed E-state index contributed by atoms with van der Waals surface area (Å²) in [7, 11) is 3.28. The maximum atomic E-state index is 6.04. The summed E-state index contributed by atoms with van der Waals surface area (Å²) < 4.78 is 10.4. The highest BCUT2D eigenvalue weighted by atomic mass is 35.5. The van der Waals surface area contributed by atoms with Gasteiger partial charge in [0.15, 0.2) is 5.15 Å². The van der Waals surface area contributed by atoms with Gasteiger partial charge < -0.3 is 9.47 Å². The molecule has 2 aromatic carbocycles. The van der Waals surface area contributed by atoms with Gasteiger partial charge in [-0.3, -0.25) is 0 Å². The Bertz CT molecular complexity index is 802. The molecule has 0 amide bonds. The fraction of sp³-hybridized carbons (Fsp3) is 0.111. The van der Waals surface area contributed by atoms with Crippen molar-refractivity contribution in [3.05, 3.63) is 59.8 Å². The molecular formula is C18H15ClN2O2. The van der Waals surface area contributed by atoms with Crippen LogP contribution in [0.4, 0.5) is 0 Å². The van der Waals surface area contributed by atoms with E-state index >= 15 is 0 Å². The average Bonchev–Trinajstić information content (AvgIpc) is 2.62. The van der Waals surface area contributed by atoms with Crippen LogP contribution in [0, 0.1) is 0 Å². The van der Waals surface area contributed by atoms with Gasteiger partial charge in [-0.15, -0.1) is 10.2 Å². The molecule has 0 saturated heterocycles. The number of aromatic nitrogens is 2. The summed E-state index contributed by atoms with van der Waals surface area (Å²) in [6.45, 7) is 0. The van der Waals surface area contributed by atoms with E-state index in [0.29, 0.717) is 5.15 Å². The number of hydrogen-bond acceptors (Lipinski definition) is 4. The van der Waals surface area contributed by atoms with E-state index < -0.39 is 0 Å². The topological polar surface area (TPSA) is 44.2 Å². The molecule has 0 unspecified atom stereocenters. The first-order chi connectivity index (χ1) is 11.2. The van der Waals surface area contributed by atoms with Gasteiger partial charge in [0.05, 0.1) is 14.2 Å². The van der Waals surface area contributed by atoms with Gasteiger partial charge in [0.25, 0.3) is 0 Å². The van der Waals surface area contributed by atoms with Gasteiger partial charge in [-0.2, -0.15) is 0 Å². The molecular weight excluding hydrogens is 312 g/mol. The number of halogens is 1. The fourth-order valence-corrected chi connectivity index (χ4v) is 2.47. The highest BCUT2D eigenvalue weighted by Crippen LogP contribution is 2.33. The van der Waals surface area contributed by atoms with Crippen molar-refractivity contribution in [3.63, 3.8) is 0 Å². The van der Waals surface area contributed by atoms with Gasteiger partial charge in [-0.1, -0.05) is 23.7 Å². The van der Waals surface area contributed by atoms with Gasteiger partial charge in [0.1, 0.15) is 17.2 Å². The normalized spacial score (nSPS) is 10.4. The summed E-state index contributed by atoms with van der Waals surface area (Å²) >= 11 is 6.04. The minimum atomic E-state index is 0.355. The van der Waals surface area contributed by atoms with E-state index in [1.165, 1.54) is 0 Å². The molecule has 116 valence electrons. The summed E-state index contributed by atoms with van der Waals surface area (Å²) in [5.41, 5.74) is 3.62. The largest absolute Gasteiger partial charge is 0.497 e. The Labute approximate surface area is 139 Å². The smallest absolute Gasteiger partial charge is 0.152 e. The molecule has 0 aliphatic carbocycles. The first kappa shape index (κ1) is 15.3.